The Morgan fingerprint density at radius 1 is 1.06 bits per heavy atom. The summed E-state index contributed by atoms with van der Waals surface area (Å²) in [5.74, 6) is 0.249. The molecule has 0 radical (unpaired) electrons. The maximum Gasteiger partial charge on any atom is 0.329 e. The van der Waals surface area contributed by atoms with Crippen LogP contribution in [0.5, 0.6) is 0 Å². The highest BCUT2D eigenvalue weighted by molar-refractivity contribution is 6.01. The van der Waals surface area contributed by atoms with Crippen LogP contribution in [-0.4, -0.2) is 33.8 Å². The van der Waals surface area contributed by atoms with Crippen LogP contribution >= 0.6 is 0 Å². The van der Waals surface area contributed by atoms with Crippen molar-refractivity contribution in [3.8, 4) is 22.5 Å². The topological polar surface area (TPSA) is 85.5 Å². The van der Waals surface area contributed by atoms with E-state index in [1.807, 2.05) is 18.2 Å². The number of aliphatic carboxylic acids is 1. The first-order valence-electron chi connectivity index (χ1n) is 12.4. The Hall–Kier alpha value is -3.51. The van der Waals surface area contributed by atoms with Crippen molar-refractivity contribution in [1.29, 1.82) is 0 Å². The number of carbonyl (C=O) groups is 1. The molecule has 0 aliphatic heterocycles. The molecule has 2 aromatic heterocycles. The van der Waals surface area contributed by atoms with E-state index in [1.165, 1.54) is 5.56 Å². The SMILES string of the molecule is CCc1ccc(-c2c(-c3ccccc3)oc3ncnc(C[C@H]4CCC[C@@H](OCC(=O)O)C4)c23)cc1. The fourth-order valence-corrected chi connectivity index (χ4v) is 5.16. The van der Waals surface area contributed by atoms with Crippen LogP contribution < -0.4 is 0 Å². The predicted octanol–water partition coefficient (Wildman–Crippen LogP) is 6.32. The van der Waals surface area contributed by atoms with Gasteiger partial charge in [-0.15, -0.1) is 0 Å². The number of ether oxygens (including phenoxy) is 1. The molecule has 6 nitrogen and oxygen atoms in total. The lowest BCUT2D eigenvalue weighted by Gasteiger charge is -2.28. The largest absolute Gasteiger partial charge is 0.480 e. The van der Waals surface area contributed by atoms with Crippen LogP contribution in [0.15, 0.2) is 65.3 Å². The highest BCUT2D eigenvalue weighted by atomic mass is 16.5. The second-order valence-corrected chi connectivity index (χ2v) is 9.29. The second-order valence-electron chi connectivity index (χ2n) is 9.29. The van der Waals surface area contributed by atoms with Gasteiger partial charge < -0.3 is 14.3 Å². The maximum absolute atomic E-state index is 10.9. The van der Waals surface area contributed by atoms with Crippen molar-refractivity contribution in [1.82, 2.24) is 9.97 Å². The normalized spacial score (nSPS) is 18.1. The number of carboxylic acid groups (broad SMARTS) is 1. The number of hydrogen-bond acceptors (Lipinski definition) is 5. The molecule has 0 spiro atoms. The molecule has 5 rings (SSSR count). The van der Waals surface area contributed by atoms with Crippen LogP contribution in [0, 0.1) is 5.92 Å². The Labute approximate surface area is 205 Å². The summed E-state index contributed by atoms with van der Waals surface area (Å²) in [6.07, 6.45) is 7.16. The maximum atomic E-state index is 10.9. The Balaban J connectivity index is 1.55. The Morgan fingerprint density at radius 3 is 2.60 bits per heavy atom. The zero-order valence-corrected chi connectivity index (χ0v) is 19.9. The number of aryl methyl sites for hydroxylation is 1. The molecular formula is C29H30N2O4. The molecule has 1 aliphatic carbocycles. The first kappa shape index (κ1) is 23.2. The molecule has 2 atom stereocenters. The lowest BCUT2D eigenvalue weighted by Crippen LogP contribution is -2.26. The van der Waals surface area contributed by atoms with Gasteiger partial charge in [-0.3, -0.25) is 0 Å². The van der Waals surface area contributed by atoms with E-state index in [4.69, 9.17) is 19.2 Å². The third-order valence-corrected chi connectivity index (χ3v) is 6.91. The molecular weight excluding hydrogens is 440 g/mol. The molecule has 2 aromatic carbocycles. The zero-order valence-electron chi connectivity index (χ0n) is 19.9. The molecule has 0 amide bonds. The van der Waals surface area contributed by atoms with E-state index in [9.17, 15) is 4.79 Å². The van der Waals surface area contributed by atoms with Crippen molar-refractivity contribution in [2.24, 2.45) is 5.92 Å². The van der Waals surface area contributed by atoms with Crippen LogP contribution in [0.3, 0.4) is 0 Å². The summed E-state index contributed by atoms with van der Waals surface area (Å²) >= 11 is 0. The zero-order chi connectivity index (χ0) is 24.2. The summed E-state index contributed by atoms with van der Waals surface area (Å²) in [4.78, 5) is 20.2. The molecule has 1 aliphatic rings. The highest BCUT2D eigenvalue weighted by Crippen LogP contribution is 2.42. The van der Waals surface area contributed by atoms with Gasteiger partial charge in [0, 0.05) is 11.1 Å². The quantitative estimate of drug-likeness (QED) is 0.324. The minimum Gasteiger partial charge on any atom is -0.480 e. The second kappa shape index (κ2) is 10.4. The number of hydrogen-bond donors (Lipinski definition) is 1. The van der Waals surface area contributed by atoms with Crippen molar-refractivity contribution in [3.63, 3.8) is 0 Å². The molecule has 1 fully saturated rings. The van der Waals surface area contributed by atoms with Crippen molar-refractivity contribution in [3.05, 3.63) is 72.2 Å². The standard InChI is InChI=1S/C29H30N2O4/c1-2-19-11-13-21(14-12-19)26-27-24(16-20-7-6-10-23(15-20)34-17-25(32)33)30-18-31-29(27)35-28(26)22-8-4-3-5-9-22/h3-5,8-9,11-14,18,20,23H,2,6-7,10,15-17H2,1H3,(H,32,33)/t20-,23+/m0/s1. The van der Waals surface area contributed by atoms with Crippen molar-refractivity contribution in [2.45, 2.75) is 51.6 Å². The van der Waals surface area contributed by atoms with Crippen LogP contribution in [0.25, 0.3) is 33.6 Å². The van der Waals surface area contributed by atoms with E-state index < -0.39 is 5.97 Å². The van der Waals surface area contributed by atoms with Gasteiger partial charge in [0.2, 0.25) is 5.71 Å². The molecule has 6 heteroatoms. The van der Waals surface area contributed by atoms with E-state index in [0.29, 0.717) is 11.6 Å². The van der Waals surface area contributed by atoms with E-state index >= 15 is 0 Å². The van der Waals surface area contributed by atoms with E-state index in [2.05, 4.69) is 48.3 Å². The summed E-state index contributed by atoms with van der Waals surface area (Å²) in [5.41, 5.74) is 5.97. The molecule has 2 heterocycles. The molecule has 0 saturated heterocycles. The van der Waals surface area contributed by atoms with Crippen LogP contribution in [0.2, 0.25) is 0 Å². The number of rotatable bonds is 8. The number of furan rings is 1. The summed E-state index contributed by atoms with van der Waals surface area (Å²) in [7, 11) is 0. The average Bonchev–Trinajstić information content (AvgIpc) is 3.29. The smallest absolute Gasteiger partial charge is 0.329 e. The number of nitrogens with zero attached hydrogens (tertiary/aromatic N) is 2. The third kappa shape index (κ3) is 5.13. The van der Waals surface area contributed by atoms with Gasteiger partial charge in [0.1, 0.15) is 18.7 Å². The Morgan fingerprint density at radius 2 is 1.86 bits per heavy atom. The van der Waals surface area contributed by atoms with E-state index in [0.717, 1.165) is 72.1 Å². The molecule has 0 unspecified atom stereocenters. The van der Waals surface area contributed by atoms with E-state index in [-0.39, 0.29) is 12.7 Å². The molecule has 1 saturated carbocycles. The lowest BCUT2D eigenvalue weighted by molar-refractivity contribution is -0.145. The monoisotopic (exact) mass is 470 g/mol. The van der Waals surface area contributed by atoms with Gasteiger partial charge in [0.05, 0.1) is 17.2 Å². The first-order chi connectivity index (χ1) is 17.1. The summed E-state index contributed by atoms with van der Waals surface area (Å²) in [6.45, 7) is 1.91. The molecule has 4 aromatic rings. The Kier molecular flexibility index (Phi) is 6.91. The fourth-order valence-electron chi connectivity index (χ4n) is 5.16. The van der Waals surface area contributed by atoms with Gasteiger partial charge in [-0.2, -0.15) is 0 Å². The molecule has 1 N–H and O–H groups in total. The van der Waals surface area contributed by atoms with Crippen molar-refractivity contribution >= 4 is 17.1 Å². The van der Waals surface area contributed by atoms with Gasteiger partial charge in [-0.05, 0) is 49.1 Å². The number of carboxylic acids is 1. The minimum absolute atomic E-state index is 0.0209. The molecule has 35 heavy (non-hydrogen) atoms. The molecule has 0 bridgehead atoms. The number of fused-ring (bicyclic) bond motifs is 1. The van der Waals surface area contributed by atoms with Gasteiger partial charge in [0.15, 0.2) is 0 Å². The molecule has 180 valence electrons. The van der Waals surface area contributed by atoms with Gasteiger partial charge in [-0.25, -0.2) is 14.8 Å². The summed E-state index contributed by atoms with van der Waals surface area (Å²) < 4.78 is 12.0. The first-order valence-corrected chi connectivity index (χ1v) is 12.4. The minimum atomic E-state index is -0.921. The third-order valence-electron chi connectivity index (χ3n) is 6.91. The number of aromatic nitrogens is 2. The van der Waals surface area contributed by atoms with Crippen LogP contribution in [-0.2, 0) is 22.4 Å². The van der Waals surface area contributed by atoms with Gasteiger partial charge in [0.25, 0.3) is 0 Å². The number of benzene rings is 2. The predicted molar refractivity (Wildman–Crippen MR) is 135 cm³/mol. The fraction of sp³-hybridized carbons (Fsp3) is 0.345. The van der Waals surface area contributed by atoms with Gasteiger partial charge in [-0.1, -0.05) is 67.9 Å². The lowest BCUT2D eigenvalue weighted by atomic mass is 9.83. The van der Waals surface area contributed by atoms with Crippen molar-refractivity contribution in [2.75, 3.05) is 6.61 Å². The Bertz CT molecular complexity index is 1300. The van der Waals surface area contributed by atoms with Crippen molar-refractivity contribution < 1.29 is 19.1 Å². The van der Waals surface area contributed by atoms with Gasteiger partial charge >= 0.3 is 5.97 Å². The van der Waals surface area contributed by atoms with Crippen LogP contribution in [0.4, 0.5) is 0 Å². The average molecular weight is 471 g/mol. The summed E-state index contributed by atoms with van der Waals surface area (Å²) in [5, 5.41) is 9.94. The summed E-state index contributed by atoms with van der Waals surface area (Å²) in [6, 6.07) is 18.8. The van der Waals surface area contributed by atoms with E-state index in [1.54, 1.807) is 6.33 Å². The van der Waals surface area contributed by atoms with Crippen LogP contribution in [0.1, 0.15) is 43.9 Å². The highest BCUT2D eigenvalue weighted by Gasteiger charge is 2.27.